The van der Waals surface area contributed by atoms with Crippen molar-refractivity contribution in [2.24, 2.45) is 0 Å². The summed E-state index contributed by atoms with van der Waals surface area (Å²) in [7, 11) is 3.28. The minimum absolute atomic E-state index is 0.181. The van der Waals surface area contributed by atoms with Crippen LogP contribution in [0.5, 0.6) is 11.5 Å². The molecule has 1 unspecified atom stereocenters. The molecule has 3 heteroatoms. The lowest BCUT2D eigenvalue weighted by atomic mass is 10.0. The van der Waals surface area contributed by atoms with Crippen LogP contribution in [0.25, 0.3) is 0 Å². The second-order valence-electron chi connectivity index (χ2n) is 3.56. The van der Waals surface area contributed by atoms with Crippen molar-refractivity contribution in [3.8, 4) is 11.5 Å². The van der Waals surface area contributed by atoms with E-state index >= 15 is 0 Å². The molecule has 1 atom stereocenters. The van der Waals surface area contributed by atoms with Crippen LogP contribution in [0.1, 0.15) is 12.5 Å². The fourth-order valence-corrected chi connectivity index (χ4v) is 1.57. The molecule has 2 rings (SSSR count). The maximum Gasteiger partial charge on any atom is 0.166 e. The Kier molecular flexibility index (Phi) is 2.11. The third kappa shape index (κ3) is 1.34. The van der Waals surface area contributed by atoms with Gasteiger partial charge in [-0.05, 0) is 13.0 Å². The zero-order valence-corrected chi connectivity index (χ0v) is 8.66. The average Bonchev–Trinajstić information content (AvgIpc) is 2.96. The van der Waals surface area contributed by atoms with Crippen molar-refractivity contribution in [2.75, 3.05) is 20.8 Å². The van der Waals surface area contributed by atoms with Gasteiger partial charge in [0.05, 0.1) is 20.8 Å². The number of epoxide rings is 1. The molecule has 0 radical (unpaired) electrons. The van der Waals surface area contributed by atoms with Crippen LogP contribution in [0.4, 0.5) is 0 Å². The van der Waals surface area contributed by atoms with E-state index in [0.29, 0.717) is 0 Å². The van der Waals surface area contributed by atoms with Crippen LogP contribution >= 0.6 is 0 Å². The minimum Gasteiger partial charge on any atom is -0.493 e. The van der Waals surface area contributed by atoms with Crippen LogP contribution in [0.2, 0.25) is 0 Å². The fraction of sp³-hybridized carbons (Fsp3) is 0.455. The third-order valence-corrected chi connectivity index (χ3v) is 2.55. The zero-order chi connectivity index (χ0) is 10.2. The summed E-state index contributed by atoms with van der Waals surface area (Å²) in [5.41, 5.74) is 0.874. The first kappa shape index (κ1) is 9.34. The lowest BCUT2D eigenvalue weighted by Crippen LogP contribution is -2.05. The number of methoxy groups -OCH3 is 2. The SMILES string of the molecule is COc1cccc(C2(C)CO2)c1OC. The molecule has 1 aliphatic rings. The standard InChI is InChI=1S/C11H14O3/c1-11(7-14-11)8-5-4-6-9(12-2)10(8)13-3/h4-6H,7H2,1-3H3. The summed E-state index contributed by atoms with van der Waals surface area (Å²) in [4.78, 5) is 0. The predicted octanol–water partition coefficient (Wildman–Crippen LogP) is 1.95. The van der Waals surface area contributed by atoms with E-state index in [1.807, 2.05) is 25.1 Å². The highest BCUT2D eigenvalue weighted by molar-refractivity contribution is 5.50. The fourth-order valence-electron chi connectivity index (χ4n) is 1.57. The molecule has 0 amide bonds. The summed E-state index contributed by atoms with van der Waals surface area (Å²) in [6.07, 6.45) is 0. The van der Waals surface area contributed by atoms with E-state index in [9.17, 15) is 0 Å². The summed E-state index contributed by atoms with van der Waals surface area (Å²) < 4.78 is 15.9. The zero-order valence-electron chi connectivity index (χ0n) is 8.66. The van der Waals surface area contributed by atoms with Gasteiger partial charge in [0.15, 0.2) is 11.5 Å². The summed E-state index contributed by atoms with van der Waals surface area (Å²) in [5.74, 6) is 1.52. The summed E-state index contributed by atoms with van der Waals surface area (Å²) >= 11 is 0. The Morgan fingerprint density at radius 1 is 1.29 bits per heavy atom. The van der Waals surface area contributed by atoms with Gasteiger partial charge in [0.1, 0.15) is 5.60 Å². The Hall–Kier alpha value is -1.22. The smallest absolute Gasteiger partial charge is 0.166 e. The molecule has 1 aliphatic heterocycles. The molecular weight excluding hydrogens is 180 g/mol. The molecular formula is C11H14O3. The second kappa shape index (κ2) is 3.17. The van der Waals surface area contributed by atoms with Gasteiger partial charge in [0, 0.05) is 5.56 Å². The van der Waals surface area contributed by atoms with E-state index < -0.39 is 0 Å². The van der Waals surface area contributed by atoms with Crippen molar-refractivity contribution in [2.45, 2.75) is 12.5 Å². The number of hydrogen-bond acceptors (Lipinski definition) is 3. The monoisotopic (exact) mass is 194 g/mol. The first-order chi connectivity index (χ1) is 6.71. The van der Waals surface area contributed by atoms with Gasteiger partial charge < -0.3 is 14.2 Å². The quantitative estimate of drug-likeness (QED) is 0.689. The van der Waals surface area contributed by atoms with Crippen LogP contribution in [0.3, 0.4) is 0 Å². The Morgan fingerprint density at radius 3 is 2.50 bits per heavy atom. The van der Waals surface area contributed by atoms with Gasteiger partial charge in [-0.3, -0.25) is 0 Å². The van der Waals surface area contributed by atoms with Gasteiger partial charge in [0.25, 0.3) is 0 Å². The number of benzene rings is 1. The Morgan fingerprint density at radius 2 is 2.00 bits per heavy atom. The highest BCUT2D eigenvalue weighted by Crippen LogP contribution is 2.45. The summed E-state index contributed by atoms with van der Waals surface area (Å²) in [6.45, 7) is 2.79. The maximum atomic E-state index is 5.39. The van der Waals surface area contributed by atoms with Crippen molar-refractivity contribution < 1.29 is 14.2 Å². The summed E-state index contributed by atoms with van der Waals surface area (Å²) in [5, 5.41) is 0. The van der Waals surface area contributed by atoms with Crippen molar-refractivity contribution >= 4 is 0 Å². The van der Waals surface area contributed by atoms with Crippen LogP contribution in [0.15, 0.2) is 18.2 Å². The van der Waals surface area contributed by atoms with E-state index in [-0.39, 0.29) is 5.60 Å². The molecule has 0 aliphatic carbocycles. The predicted molar refractivity (Wildman–Crippen MR) is 52.9 cm³/mol. The van der Waals surface area contributed by atoms with Crippen molar-refractivity contribution in [3.63, 3.8) is 0 Å². The van der Waals surface area contributed by atoms with Gasteiger partial charge >= 0.3 is 0 Å². The van der Waals surface area contributed by atoms with Crippen LogP contribution < -0.4 is 9.47 Å². The molecule has 0 N–H and O–H groups in total. The lowest BCUT2D eigenvalue weighted by Gasteiger charge is -2.14. The topological polar surface area (TPSA) is 31.0 Å². The molecule has 1 saturated heterocycles. The van der Waals surface area contributed by atoms with Gasteiger partial charge in [-0.2, -0.15) is 0 Å². The normalized spacial score (nSPS) is 24.5. The molecule has 0 bridgehead atoms. The molecule has 0 spiro atoms. The third-order valence-electron chi connectivity index (χ3n) is 2.55. The van der Waals surface area contributed by atoms with E-state index in [2.05, 4.69) is 0 Å². The Balaban J connectivity index is 2.48. The molecule has 0 aromatic heterocycles. The number of para-hydroxylation sites is 1. The molecule has 1 heterocycles. The number of rotatable bonds is 3. The first-order valence-electron chi connectivity index (χ1n) is 4.57. The van der Waals surface area contributed by atoms with Crippen LogP contribution in [-0.4, -0.2) is 20.8 Å². The van der Waals surface area contributed by atoms with Crippen LogP contribution in [-0.2, 0) is 10.3 Å². The molecule has 1 fully saturated rings. The lowest BCUT2D eigenvalue weighted by molar-refractivity contribution is 0.306. The van der Waals surface area contributed by atoms with Gasteiger partial charge in [0.2, 0.25) is 0 Å². The van der Waals surface area contributed by atoms with Crippen molar-refractivity contribution in [1.29, 1.82) is 0 Å². The molecule has 0 saturated carbocycles. The average molecular weight is 194 g/mol. The molecule has 1 aromatic carbocycles. The van der Waals surface area contributed by atoms with Gasteiger partial charge in [-0.15, -0.1) is 0 Å². The number of ether oxygens (including phenoxy) is 3. The van der Waals surface area contributed by atoms with E-state index in [1.54, 1.807) is 14.2 Å². The van der Waals surface area contributed by atoms with Crippen LogP contribution in [0, 0.1) is 0 Å². The molecule has 3 nitrogen and oxygen atoms in total. The maximum absolute atomic E-state index is 5.39. The second-order valence-corrected chi connectivity index (χ2v) is 3.56. The molecule has 1 aromatic rings. The Bertz CT molecular complexity index is 342. The minimum atomic E-state index is -0.181. The summed E-state index contributed by atoms with van der Waals surface area (Å²) in [6, 6.07) is 5.84. The number of hydrogen-bond donors (Lipinski definition) is 0. The van der Waals surface area contributed by atoms with E-state index in [4.69, 9.17) is 14.2 Å². The Labute approximate surface area is 83.6 Å². The van der Waals surface area contributed by atoms with Crippen molar-refractivity contribution in [3.05, 3.63) is 23.8 Å². The largest absolute Gasteiger partial charge is 0.493 e. The highest BCUT2D eigenvalue weighted by Gasteiger charge is 2.44. The van der Waals surface area contributed by atoms with Crippen molar-refractivity contribution in [1.82, 2.24) is 0 Å². The molecule has 14 heavy (non-hydrogen) atoms. The van der Waals surface area contributed by atoms with Gasteiger partial charge in [-0.1, -0.05) is 12.1 Å². The van der Waals surface area contributed by atoms with E-state index in [0.717, 1.165) is 23.7 Å². The van der Waals surface area contributed by atoms with E-state index in [1.165, 1.54) is 0 Å². The van der Waals surface area contributed by atoms with Gasteiger partial charge in [-0.25, -0.2) is 0 Å². The first-order valence-corrected chi connectivity index (χ1v) is 4.57. The highest BCUT2D eigenvalue weighted by atomic mass is 16.6. The molecule has 76 valence electrons.